The van der Waals surface area contributed by atoms with Gasteiger partial charge < -0.3 is 9.47 Å². The van der Waals surface area contributed by atoms with Crippen LogP contribution in [0.25, 0.3) is 0 Å². The van der Waals surface area contributed by atoms with E-state index in [2.05, 4.69) is 14.7 Å². The van der Waals surface area contributed by atoms with Crippen molar-refractivity contribution >= 4 is 33.2 Å². The Balaban J connectivity index is 1.62. The van der Waals surface area contributed by atoms with Gasteiger partial charge in [0.25, 0.3) is 11.8 Å². The molecular weight excluding hydrogens is 425 g/mol. The molecule has 0 bridgehead atoms. The summed E-state index contributed by atoms with van der Waals surface area (Å²) in [6.45, 7) is 1.74. The minimum absolute atomic E-state index is 0.0405. The Morgan fingerprint density at radius 2 is 1.68 bits per heavy atom. The fourth-order valence-corrected chi connectivity index (χ4v) is 5.25. The molecule has 28 heavy (non-hydrogen) atoms. The number of hydrogen-bond donors (Lipinski definition) is 1. The van der Waals surface area contributed by atoms with Crippen LogP contribution in [0, 0.1) is 6.92 Å². The third kappa shape index (κ3) is 4.86. The minimum atomic E-state index is -3.74. The van der Waals surface area contributed by atoms with Crippen molar-refractivity contribution < 1.29 is 17.9 Å². The monoisotopic (exact) mass is 445 g/mol. The van der Waals surface area contributed by atoms with E-state index >= 15 is 0 Å². The first kappa shape index (κ1) is 21.1. The van der Waals surface area contributed by atoms with E-state index < -0.39 is 10.0 Å². The van der Waals surface area contributed by atoms with E-state index in [4.69, 9.17) is 32.7 Å². The number of benzene rings is 1. The largest absolute Gasteiger partial charge is 0.477 e. The Kier molecular flexibility index (Phi) is 6.65. The zero-order valence-electron chi connectivity index (χ0n) is 15.5. The van der Waals surface area contributed by atoms with Crippen LogP contribution in [0.5, 0.6) is 11.8 Å². The Bertz CT molecular complexity index is 948. The molecule has 1 saturated carbocycles. The maximum absolute atomic E-state index is 12.7. The molecule has 1 N–H and O–H groups in total. The lowest BCUT2D eigenvalue weighted by molar-refractivity contribution is 0.132. The number of nitrogens with one attached hydrogen (secondary N) is 1. The van der Waals surface area contributed by atoms with E-state index in [-0.39, 0.29) is 22.1 Å². The molecule has 0 amide bonds. The van der Waals surface area contributed by atoms with Crippen LogP contribution in [-0.4, -0.2) is 37.6 Å². The van der Waals surface area contributed by atoms with Gasteiger partial charge in [-0.3, -0.25) is 0 Å². The molecule has 0 radical (unpaired) electrons. The average molecular weight is 446 g/mol. The van der Waals surface area contributed by atoms with Crippen molar-refractivity contribution in [1.29, 1.82) is 0 Å². The first-order valence-corrected chi connectivity index (χ1v) is 11.0. The SMILES string of the molecule is COc1nccnc1OC1CCC(NS(=O)(=O)c2cc(C)c(Cl)cc2Cl)CC1. The van der Waals surface area contributed by atoms with Crippen molar-refractivity contribution in [2.75, 3.05) is 7.11 Å². The quantitative estimate of drug-likeness (QED) is 0.727. The Hall–Kier alpha value is -1.61. The van der Waals surface area contributed by atoms with E-state index in [1.165, 1.54) is 31.6 Å². The molecule has 1 aliphatic carbocycles. The standard InChI is InChI=1S/C18H21Cl2N3O4S/c1-11-9-16(15(20)10-14(11)19)28(24,25)23-12-3-5-13(6-4-12)27-18-17(26-2)21-7-8-22-18/h7-10,12-13,23H,3-6H2,1-2H3. The predicted molar refractivity (Wildman–Crippen MR) is 107 cm³/mol. The second-order valence-corrected chi connectivity index (χ2v) is 9.11. The third-order valence-corrected chi connectivity index (χ3v) is 7.00. The molecule has 1 fully saturated rings. The van der Waals surface area contributed by atoms with Crippen molar-refractivity contribution in [2.45, 2.75) is 49.6 Å². The summed E-state index contributed by atoms with van der Waals surface area (Å²) in [7, 11) is -2.23. The number of rotatable bonds is 6. The lowest BCUT2D eigenvalue weighted by Gasteiger charge is -2.29. The Morgan fingerprint density at radius 1 is 1.04 bits per heavy atom. The summed E-state index contributed by atoms with van der Waals surface area (Å²) in [5.74, 6) is 0.676. The van der Waals surface area contributed by atoms with Gasteiger partial charge in [0.2, 0.25) is 10.0 Å². The molecular formula is C18H21Cl2N3O4S. The van der Waals surface area contributed by atoms with Gasteiger partial charge in [-0.1, -0.05) is 23.2 Å². The first-order valence-electron chi connectivity index (χ1n) is 8.80. The molecule has 1 aromatic carbocycles. The van der Waals surface area contributed by atoms with Crippen LogP contribution < -0.4 is 14.2 Å². The van der Waals surface area contributed by atoms with Gasteiger partial charge in [-0.05, 0) is 50.3 Å². The Labute approximate surface area is 174 Å². The average Bonchev–Trinajstić information content (AvgIpc) is 2.66. The van der Waals surface area contributed by atoms with Gasteiger partial charge in [0, 0.05) is 23.5 Å². The van der Waals surface area contributed by atoms with Gasteiger partial charge in [0.15, 0.2) is 0 Å². The smallest absolute Gasteiger partial charge is 0.278 e. The fraction of sp³-hybridized carbons (Fsp3) is 0.444. The first-order chi connectivity index (χ1) is 13.3. The topological polar surface area (TPSA) is 90.4 Å². The van der Waals surface area contributed by atoms with E-state index in [0.29, 0.717) is 48.0 Å². The number of aromatic nitrogens is 2. The van der Waals surface area contributed by atoms with Crippen LogP contribution in [0.4, 0.5) is 0 Å². The maximum Gasteiger partial charge on any atom is 0.278 e. The van der Waals surface area contributed by atoms with E-state index in [0.717, 1.165) is 0 Å². The highest BCUT2D eigenvalue weighted by Gasteiger charge is 2.28. The molecule has 10 heteroatoms. The predicted octanol–water partition coefficient (Wildman–Crippen LogP) is 3.77. The summed E-state index contributed by atoms with van der Waals surface area (Å²) < 4.78 is 39.2. The molecule has 0 atom stereocenters. The Morgan fingerprint density at radius 3 is 2.32 bits per heavy atom. The second kappa shape index (κ2) is 8.82. The number of nitrogens with zero attached hydrogens (tertiary/aromatic N) is 2. The van der Waals surface area contributed by atoms with Crippen LogP contribution in [0.1, 0.15) is 31.2 Å². The number of aryl methyl sites for hydroxylation is 1. The van der Waals surface area contributed by atoms with Crippen LogP contribution in [-0.2, 0) is 10.0 Å². The summed E-state index contributed by atoms with van der Waals surface area (Å²) in [6.07, 6.45) is 5.62. The van der Waals surface area contributed by atoms with E-state index in [9.17, 15) is 8.42 Å². The van der Waals surface area contributed by atoms with Gasteiger partial charge in [-0.25, -0.2) is 23.1 Å². The number of ether oxygens (including phenoxy) is 2. The summed E-state index contributed by atoms with van der Waals surface area (Å²) in [5, 5.41) is 0.538. The van der Waals surface area contributed by atoms with Gasteiger partial charge in [-0.15, -0.1) is 0 Å². The van der Waals surface area contributed by atoms with Crippen molar-refractivity contribution in [3.05, 3.63) is 40.1 Å². The molecule has 0 spiro atoms. The summed E-state index contributed by atoms with van der Waals surface area (Å²) in [5.41, 5.74) is 0.654. The fourth-order valence-electron chi connectivity index (χ4n) is 3.11. The van der Waals surface area contributed by atoms with Crippen LogP contribution in [0.3, 0.4) is 0 Å². The molecule has 2 aromatic rings. The molecule has 1 aromatic heterocycles. The highest BCUT2D eigenvalue weighted by Crippen LogP contribution is 2.30. The van der Waals surface area contributed by atoms with Crippen LogP contribution >= 0.6 is 23.2 Å². The maximum atomic E-state index is 12.7. The number of hydrogen-bond acceptors (Lipinski definition) is 6. The molecule has 0 aliphatic heterocycles. The highest BCUT2D eigenvalue weighted by molar-refractivity contribution is 7.89. The molecule has 7 nitrogen and oxygen atoms in total. The molecule has 3 rings (SSSR count). The summed E-state index contributed by atoms with van der Waals surface area (Å²) in [4.78, 5) is 8.24. The van der Waals surface area contributed by atoms with Gasteiger partial charge in [0.05, 0.1) is 12.1 Å². The number of halogens is 2. The van der Waals surface area contributed by atoms with Crippen LogP contribution in [0.15, 0.2) is 29.4 Å². The van der Waals surface area contributed by atoms with E-state index in [1.807, 2.05) is 0 Å². The van der Waals surface area contributed by atoms with Crippen molar-refractivity contribution in [3.63, 3.8) is 0 Å². The molecule has 0 unspecified atom stereocenters. The normalized spacial score (nSPS) is 20.0. The van der Waals surface area contributed by atoms with Gasteiger partial charge >= 0.3 is 0 Å². The lowest BCUT2D eigenvalue weighted by Crippen LogP contribution is -2.39. The molecule has 1 aliphatic rings. The van der Waals surface area contributed by atoms with Crippen molar-refractivity contribution in [3.8, 4) is 11.8 Å². The molecule has 152 valence electrons. The number of sulfonamides is 1. The minimum Gasteiger partial charge on any atom is -0.477 e. The molecule has 1 heterocycles. The molecule has 0 saturated heterocycles. The third-order valence-electron chi connectivity index (χ3n) is 4.60. The highest BCUT2D eigenvalue weighted by atomic mass is 35.5. The van der Waals surface area contributed by atoms with Crippen LogP contribution in [0.2, 0.25) is 10.0 Å². The van der Waals surface area contributed by atoms with Gasteiger partial charge in [0.1, 0.15) is 11.0 Å². The zero-order chi connectivity index (χ0) is 20.3. The zero-order valence-corrected chi connectivity index (χ0v) is 17.8. The van der Waals surface area contributed by atoms with Gasteiger partial charge in [-0.2, -0.15) is 0 Å². The number of methoxy groups -OCH3 is 1. The lowest BCUT2D eigenvalue weighted by atomic mass is 9.94. The summed E-state index contributed by atoms with van der Waals surface area (Å²) >= 11 is 12.1. The van der Waals surface area contributed by atoms with Crippen molar-refractivity contribution in [2.24, 2.45) is 0 Å². The van der Waals surface area contributed by atoms with Crippen molar-refractivity contribution in [1.82, 2.24) is 14.7 Å². The van der Waals surface area contributed by atoms with E-state index in [1.54, 1.807) is 6.92 Å². The second-order valence-electron chi connectivity index (χ2n) is 6.62. The summed E-state index contributed by atoms with van der Waals surface area (Å²) in [6, 6.07) is 2.74.